The summed E-state index contributed by atoms with van der Waals surface area (Å²) in [6.45, 7) is 0.439. The zero-order valence-electron chi connectivity index (χ0n) is 18.2. The number of carbonyl (C=O) groups excluding carboxylic acids is 2. The molecule has 14 heteroatoms. The standard InChI is InChI=1S/C22H16Cl2F3N7O2/c23-12-2-1-5-28-19(12)34-14(7-15(33-34)22(25,26)27)20(35)31-18-13(24)6-11-9-30-32-17(11)16(18)21(36)29-8-10-3-4-10/h1-2,5-7,9-10H,3-4,8H2,(H,29,36)(H,30,32)(H,31,35). The fourth-order valence-corrected chi connectivity index (χ4v) is 4.07. The third-order valence-electron chi connectivity index (χ3n) is 5.58. The lowest BCUT2D eigenvalue weighted by molar-refractivity contribution is -0.141. The van der Waals surface area contributed by atoms with Gasteiger partial charge in [0.15, 0.2) is 11.5 Å². The Bertz CT molecular complexity index is 1490. The molecular formula is C22H16Cl2F3N7O2. The van der Waals surface area contributed by atoms with Crippen molar-refractivity contribution in [2.45, 2.75) is 19.0 Å². The molecule has 1 saturated carbocycles. The Labute approximate surface area is 211 Å². The molecule has 5 rings (SSSR count). The summed E-state index contributed by atoms with van der Waals surface area (Å²) in [5, 5.41) is 15.9. The molecule has 3 N–H and O–H groups in total. The molecule has 1 aromatic carbocycles. The van der Waals surface area contributed by atoms with Crippen molar-refractivity contribution < 1.29 is 22.8 Å². The average molecular weight is 538 g/mol. The summed E-state index contributed by atoms with van der Waals surface area (Å²) in [6, 6.07) is 4.91. The first-order valence-corrected chi connectivity index (χ1v) is 11.4. The van der Waals surface area contributed by atoms with Crippen LogP contribution in [0.1, 0.15) is 39.4 Å². The van der Waals surface area contributed by atoms with Gasteiger partial charge in [-0.3, -0.25) is 14.7 Å². The predicted octanol–water partition coefficient (Wildman–Crippen LogP) is 4.86. The minimum Gasteiger partial charge on any atom is -0.352 e. The molecule has 3 heterocycles. The molecule has 0 spiro atoms. The topological polar surface area (TPSA) is 118 Å². The third kappa shape index (κ3) is 4.61. The van der Waals surface area contributed by atoms with Crippen LogP contribution in [0.25, 0.3) is 16.7 Å². The van der Waals surface area contributed by atoms with Crippen molar-refractivity contribution >= 4 is 51.6 Å². The maximum atomic E-state index is 13.5. The van der Waals surface area contributed by atoms with Gasteiger partial charge in [0.25, 0.3) is 11.8 Å². The average Bonchev–Trinajstić information content (AvgIpc) is 3.34. The van der Waals surface area contributed by atoms with E-state index < -0.39 is 29.4 Å². The van der Waals surface area contributed by atoms with E-state index in [0.717, 1.165) is 12.8 Å². The molecule has 1 aliphatic carbocycles. The van der Waals surface area contributed by atoms with E-state index >= 15 is 0 Å². The number of hydrogen-bond donors (Lipinski definition) is 3. The summed E-state index contributed by atoms with van der Waals surface area (Å²) in [5.74, 6) is -1.35. The van der Waals surface area contributed by atoms with Gasteiger partial charge in [-0.05, 0) is 37.0 Å². The van der Waals surface area contributed by atoms with Crippen LogP contribution in [0.3, 0.4) is 0 Å². The van der Waals surface area contributed by atoms with Gasteiger partial charge in [0.2, 0.25) is 0 Å². The van der Waals surface area contributed by atoms with Gasteiger partial charge in [0.05, 0.1) is 33.0 Å². The summed E-state index contributed by atoms with van der Waals surface area (Å²) in [4.78, 5) is 30.4. The van der Waals surface area contributed by atoms with Crippen molar-refractivity contribution in [2.24, 2.45) is 5.92 Å². The van der Waals surface area contributed by atoms with Crippen LogP contribution < -0.4 is 10.6 Å². The van der Waals surface area contributed by atoms with Gasteiger partial charge < -0.3 is 10.6 Å². The number of nitrogens with zero attached hydrogens (tertiary/aromatic N) is 4. The van der Waals surface area contributed by atoms with Crippen molar-refractivity contribution in [3.63, 3.8) is 0 Å². The minimum atomic E-state index is -4.85. The fraction of sp³-hybridized carbons (Fsp3) is 0.227. The molecule has 36 heavy (non-hydrogen) atoms. The zero-order valence-corrected chi connectivity index (χ0v) is 19.7. The van der Waals surface area contributed by atoms with Crippen LogP contribution in [0.2, 0.25) is 10.0 Å². The predicted molar refractivity (Wildman–Crippen MR) is 125 cm³/mol. The number of amides is 2. The van der Waals surface area contributed by atoms with Crippen LogP contribution in [0.5, 0.6) is 0 Å². The van der Waals surface area contributed by atoms with E-state index in [0.29, 0.717) is 34.1 Å². The highest BCUT2D eigenvalue weighted by molar-refractivity contribution is 6.36. The lowest BCUT2D eigenvalue weighted by atomic mass is 10.1. The second-order valence-electron chi connectivity index (χ2n) is 8.18. The van der Waals surface area contributed by atoms with E-state index in [1.165, 1.54) is 30.6 Å². The molecule has 0 radical (unpaired) electrons. The van der Waals surface area contributed by atoms with Gasteiger partial charge in [-0.2, -0.15) is 23.4 Å². The number of H-pyrrole nitrogens is 1. The Hall–Kier alpha value is -3.64. The van der Waals surface area contributed by atoms with Crippen molar-refractivity contribution in [1.82, 2.24) is 30.3 Å². The van der Waals surface area contributed by atoms with Crippen molar-refractivity contribution in [2.75, 3.05) is 11.9 Å². The molecule has 3 aromatic heterocycles. The maximum Gasteiger partial charge on any atom is 0.435 e. The number of rotatable bonds is 6. The second kappa shape index (κ2) is 9.10. The van der Waals surface area contributed by atoms with E-state index in [1.54, 1.807) is 0 Å². The molecule has 1 aliphatic rings. The van der Waals surface area contributed by atoms with Crippen LogP contribution >= 0.6 is 23.2 Å². The first-order valence-electron chi connectivity index (χ1n) is 10.7. The third-order valence-corrected chi connectivity index (χ3v) is 6.17. The highest BCUT2D eigenvalue weighted by Crippen LogP contribution is 2.35. The maximum absolute atomic E-state index is 13.5. The normalized spacial score (nSPS) is 13.7. The van der Waals surface area contributed by atoms with Crippen LogP contribution in [0, 0.1) is 5.92 Å². The zero-order chi connectivity index (χ0) is 25.6. The Morgan fingerprint density at radius 3 is 2.64 bits per heavy atom. The molecular weight excluding hydrogens is 522 g/mol. The Kier molecular flexibility index (Phi) is 6.08. The van der Waals surface area contributed by atoms with E-state index in [2.05, 4.69) is 30.9 Å². The van der Waals surface area contributed by atoms with Crippen LogP contribution in [0.15, 0.2) is 36.7 Å². The number of anilines is 1. The van der Waals surface area contributed by atoms with Gasteiger partial charge in [-0.25, -0.2) is 9.67 Å². The Morgan fingerprint density at radius 1 is 1.17 bits per heavy atom. The molecule has 0 bridgehead atoms. The smallest absolute Gasteiger partial charge is 0.352 e. The Morgan fingerprint density at radius 2 is 1.94 bits per heavy atom. The lowest BCUT2D eigenvalue weighted by Crippen LogP contribution is -2.28. The fourth-order valence-electron chi connectivity index (χ4n) is 3.61. The first kappa shape index (κ1) is 24.1. The molecule has 0 unspecified atom stereocenters. The lowest BCUT2D eigenvalue weighted by Gasteiger charge is -2.15. The van der Waals surface area contributed by atoms with Crippen LogP contribution in [0.4, 0.5) is 18.9 Å². The SMILES string of the molecule is O=C(NCC1CC1)c1c(NC(=O)c2cc(C(F)(F)F)nn2-c2ncccc2Cl)c(Cl)cc2cn[nH]c12. The molecule has 2 amide bonds. The van der Waals surface area contributed by atoms with Crippen molar-refractivity contribution in [3.05, 3.63) is 63.7 Å². The van der Waals surface area contributed by atoms with E-state index in [1.807, 2.05) is 0 Å². The second-order valence-corrected chi connectivity index (χ2v) is 9.00. The number of pyridine rings is 1. The van der Waals surface area contributed by atoms with Gasteiger partial charge in [0.1, 0.15) is 5.69 Å². The number of alkyl halides is 3. The van der Waals surface area contributed by atoms with E-state index in [-0.39, 0.29) is 27.1 Å². The van der Waals surface area contributed by atoms with Crippen LogP contribution in [-0.2, 0) is 6.18 Å². The highest BCUT2D eigenvalue weighted by atomic mass is 35.5. The molecule has 186 valence electrons. The largest absolute Gasteiger partial charge is 0.435 e. The quantitative estimate of drug-likeness (QED) is 0.324. The summed E-state index contributed by atoms with van der Waals surface area (Å²) < 4.78 is 41.1. The minimum absolute atomic E-state index is 0.00183. The van der Waals surface area contributed by atoms with Crippen molar-refractivity contribution in [1.29, 1.82) is 0 Å². The number of carbonyl (C=O) groups is 2. The monoisotopic (exact) mass is 537 g/mol. The van der Waals surface area contributed by atoms with E-state index in [4.69, 9.17) is 23.2 Å². The number of hydrogen-bond acceptors (Lipinski definition) is 5. The molecule has 4 aromatic rings. The van der Waals surface area contributed by atoms with Gasteiger partial charge in [0, 0.05) is 24.2 Å². The number of aromatic nitrogens is 5. The molecule has 0 atom stereocenters. The van der Waals surface area contributed by atoms with E-state index in [9.17, 15) is 22.8 Å². The first-order chi connectivity index (χ1) is 17.1. The number of nitrogens with one attached hydrogen (secondary N) is 3. The number of halogens is 5. The molecule has 1 fully saturated rings. The molecule has 0 saturated heterocycles. The molecule has 9 nitrogen and oxygen atoms in total. The number of fused-ring (bicyclic) bond motifs is 1. The van der Waals surface area contributed by atoms with Gasteiger partial charge >= 0.3 is 6.18 Å². The molecule has 0 aliphatic heterocycles. The number of aromatic amines is 1. The number of benzene rings is 1. The summed E-state index contributed by atoms with van der Waals surface area (Å²) in [7, 11) is 0. The Balaban J connectivity index is 1.58. The summed E-state index contributed by atoms with van der Waals surface area (Å²) >= 11 is 12.5. The summed E-state index contributed by atoms with van der Waals surface area (Å²) in [5.41, 5.74) is -1.64. The highest BCUT2D eigenvalue weighted by Gasteiger charge is 2.37. The summed E-state index contributed by atoms with van der Waals surface area (Å²) in [6.07, 6.45) is -0.0930. The van der Waals surface area contributed by atoms with Gasteiger partial charge in [-0.15, -0.1) is 0 Å². The van der Waals surface area contributed by atoms with Crippen molar-refractivity contribution in [3.8, 4) is 5.82 Å². The van der Waals surface area contributed by atoms with Gasteiger partial charge in [-0.1, -0.05) is 23.2 Å². The van der Waals surface area contributed by atoms with Crippen LogP contribution in [-0.4, -0.2) is 43.3 Å².